The van der Waals surface area contributed by atoms with Crippen LogP contribution < -0.4 is 0 Å². The Morgan fingerprint density at radius 2 is 2.33 bits per heavy atom. The van der Waals surface area contributed by atoms with Crippen molar-refractivity contribution in [1.82, 2.24) is 9.55 Å². The fourth-order valence-corrected chi connectivity index (χ4v) is 6.44. The molecule has 0 spiro atoms. The molecule has 2 heterocycles. The summed E-state index contributed by atoms with van der Waals surface area (Å²) >= 11 is 9.86. The van der Waals surface area contributed by atoms with Crippen molar-refractivity contribution in [1.29, 1.82) is 5.26 Å². The second-order valence-electron chi connectivity index (χ2n) is 4.92. The van der Waals surface area contributed by atoms with Crippen LogP contribution in [0.15, 0.2) is 41.2 Å². The highest BCUT2D eigenvalue weighted by Crippen LogP contribution is 2.61. The van der Waals surface area contributed by atoms with E-state index in [9.17, 15) is 5.26 Å². The predicted octanol–water partition coefficient (Wildman–Crippen LogP) is 4.33. The molecule has 2 aromatic rings. The van der Waals surface area contributed by atoms with Gasteiger partial charge in [-0.1, -0.05) is 23.7 Å². The van der Waals surface area contributed by atoms with Gasteiger partial charge in [0, 0.05) is 27.9 Å². The van der Waals surface area contributed by atoms with Crippen LogP contribution in [0.2, 0.25) is 5.02 Å². The van der Waals surface area contributed by atoms with Crippen molar-refractivity contribution in [3.8, 4) is 6.07 Å². The van der Waals surface area contributed by atoms with E-state index in [1.54, 1.807) is 40.6 Å². The lowest BCUT2D eigenvalue weighted by Crippen LogP contribution is -1.99. The van der Waals surface area contributed by atoms with Gasteiger partial charge >= 0.3 is 0 Å². The number of allylic oxidation sites excluding steroid dienone is 1. The summed E-state index contributed by atoms with van der Waals surface area (Å²) in [6.07, 6.45) is 6.15. The zero-order chi connectivity index (χ0) is 14.4. The maximum Gasteiger partial charge on any atom is 0.145 e. The van der Waals surface area contributed by atoms with Gasteiger partial charge in [0.2, 0.25) is 0 Å². The number of fused-ring (bicyclic) bond motifs is 3. The Bertz CT molecular complexity index is 777. The Kier molecular flexibility index (Phi) is 3.26. The molecule has 4 rings (SSSR count). The van der Waals surface area contributed by atoms with Crippen LogP contribution in [-0.4, -0.2) is 14.8 Å². The number of benzene rings is 1. The lowest BCUT2D eigenvalue weighted by Gasteiger charge is -2.08. The van der Waals surface area contributed by atoms with Crippen LogP contribution in [0.1, 0.15) is 16.4 Å². The highest BCUT2D eigenvalue weighted by Gasteiger charge is 2.42. The summed E-state index contributed by atoms with van der Waals surface area (Å²) in [6.45, 7) is 0. The summed E-state index contributed by atoms with van der Waals surface area (Å²) < 4.78 is 2.87. The van der Waals surface area contributed by atoms with Crippen LogP contribution in [0.3, 0.4) is 0 Å². The molecule has 1 aromatic carbocycles. The first kappa shape index (κ1) is 13.3. The zero-order valence-electron chi connectivity index (χ0n) is 10.9. The van der Waals surface area contributed by atoms with Gasteiger partial charge in [-0.15, -0.1) is 23.5 Å². The molecule has 2 unspecified atom stereocenters. The number of hydrogen-bond acceptors (Lipinski definition) is 4. The summed E-state index contributed by atoms with van der Waals surface area (Å²) in [5.41, 5.74) is 3.26. The van der Waals surface area contributed by atoms with Gasteiger partial charge in [0.25, 0.3) is 0 Å². The summed E-state index contributed by atoms with van der Waals surface area (Å²) in [6, 6.07) is 8.43. The van der Waals surface area contributed by atoms with Crippen LogP contribution in [0, 0.1) is 11.3 Å². The lowest BCUT2D eigenvalue weighted by atomic mass is 10.1. The number of thioether (sulfide) groups is 2. The fraction of sp³-hybridized carbons (Fsp3) is 0.200. The highest BCUT2D eigenvalue weighted by atomic mass is 35.5. The smallest absolute Gasteiger partial charge is 0.145 e. The molecule has 2 atom stereocenters. The van der Waals surface area contributed by atoms with E-state index in [2.05, 4.69) is 17.1 Å². The molecule has 21 heavy (non-hydrogen) atoms. The average molecular weight is 332 g/mol. The minimum Gasteiger partial charge on any atom is -0.296 e. The van der Waals surface area contributed by atoms with Crippen LogP contribution >= 0.6 is 35.1 Å². The number of aromatic nitrogens is 2. The van der Waals surface area contributed by atoms with Gasteiger partial charge in [-0.3, -0.25) is 4.57 Å². The first-order chi connectivity index (χ1) is 10.3. The van der Waals surface area contributed by atoms with Crippen LogP contribution in [0.25, 0.3) is 5.70 Å². The molecule has 1 aliphatic carbocycles. The molecule has 6 heteroatoms. The summed E-state index contributed by atoms with van der Waals surface area (Å²) in [5, 5.41) is 11.2. The monoisotopic (exact) mass is 331 g/mol. The van der Waals surface area contributed by atoms with Gasteiger partial charge in [-0.25, -0.2) is 4.98 Å². The number of nitrogens with zero attached hydrogens (tertiary/aromatic N) is 3. The molecule has 0 amide bonds. The summed E-state index contributed by atoms with van der Waals surface area (Å²) in [4.78, 5) is 4.02. The molecule has 0 radical (unpaired) electrons. The summed E-state index contributed by atoms with van der Waals surface area (Å²) in [7, 11) is 0. The first-order valence-corrected chi connectivity index (χ1v) is 8.65. The molecule has 1 saturated heterocycles. The van der Waals surface area contributed by atoms with E-state index < -0.39 is 0 Å². The normalized spacial score (nSPS) is 25.3. The van der Waals surface area contributed by atoms with E-state index in [0.29, 0.717) is 16.2 Å². The van der Waals surface area contributed by atoms with Crippen LogP contribution in [-0.2, 0) is 6.42 Å². The van der Waals surface area contributed by atoms with E-state index in [1.165, 1.54) is 11.1 Å². The van der Waals surface area contributed by atoms with E-state index in [-0.39, 0.29) is 0 Å². The van der Waals surface area contributed by atoms with Crippen molar-refractivity contribution in [2.45, 2.75) is 16.9 Å². The SMILES string of the molecule is N#C/C(=C1/SC2Cc3c(Cl)cccc3C2S1)n1ccnc1. The molecule has 1 aliphatic heterocycles. The highest BCUT2D eigenvalue weighted by molar-refractivity contribution is 8.26. The minimum atomic E-state index is 0.394. The minimum absolute atomic E-state index is 0.394. The number of halogens is 1. The number of hydrogen-bond donors (Lipinski definition) is 0. The van der Waals surface area contributed by atoms with Crippen molar-refractivity contribution in [3.05, 3.63) is 57.3 Å². The third kappa shape index (κ3) is 2.10. The molecule has 1 fully saturated rings. The van der Waals surface area contributed by atoms with Gasteiger partial charge in [-0.05, 0) is 23.6 Å². The number of rotatable bonds is 1. The number of nitriles is 1. The Hall–Kier alpha value is -1.35. The number of imidazole rings is 1. The quantitative estimate of drug-likeness (QED) is 0.729. The molecule has 104 valence electrons. The van der Waals surface area contributed by atoms with Crippen molar-refractivity contribution in [3.63, 3.8) is 0 Å². The Balaban J connectivity index is 1.73. The Morgan fingerprint density at radius 1 is 1.43 bits per heavy atom. The molecular formula is C15H10ClN3S2. The third-order valence-electron chi connectivity index (χ3n) is 3.76. The molecular weight excluding hydrogens is 322 g/mol. The fourth-order valence-electron chi connectivity index (χ4n) is 2.80. The molecule has 2 aliphatic rings. The van der Waals surface area contributed by atoms with Gasteiger partial charge in [0.1, 0.15) is 11.8 Å². The zero-order valence-corrected chi connectivity index (χ0v) is 13.3. The van der Waals surface area contributed by atoms with Crippen LogP contribution in [0.5, 0.6) is 0 Å². The second kappa shape index (κ2) is 5.13. The van der Waals surface area contributed by atoms with Crippen molar-refractivity contribution in [2.75, 3.05) is 0 Å². The Morgan fingerprint density at radius 3 is 3.10 bits per heavy atom. The topological polar surface area (TPSA) is 41.6 Å². The van der Waals surface area contributed by atoms with Gasteiger partial charge < -0.3 is 0 Å². The van der Waals surface area contributed by atoms with Gasteiger partial charge in [-0.2, -0.15) is 5.26 Å². The standard InChI is InChI=1S/C15H10ClN3S2/c16-11-3-1-2-9-10(11)6-13-14(9)21-15(20-13)12(7-17)19-5-4-18-8-19/h1-5,8,13-14H,6H2/b15-12+. The molecule has 0 bridgehead atoms. The van der Waals surface area contributed by atoms with Gasteiger partial charge in [0.15, 0.2) is 0 Å². The summed E-state index contributed by atoms with van der Waals surface area (Å²) in [5.74, 6) is 0. The Labute approximate surface area is 136 Å². The van der Waals surface area contributed by atoms with Crippen LogP contribution in [0.4, 0.5) is 0 Å². The van der Waals surface area contributed by atoms with E-state index in [0.717, 1.165) is 15.7 Å². The van der Waals surface area contributed by atoms with Crippen molar-refractivity contribution >= 4 is 40.8 Å². The van der Waals surface area contributed by atoms with E-state index in [4.69, 9.17) is 11.6 Å². The van der Waals surface area contributed by atoms with E-state index >= 15 is 0 Å². The lowest BCUT2D eigenvalue weighted by molar-refractivity contribution is 0.928. The molecule has 0 saturated carbocycles. The van der Waals surface area contributed by atoms with Gasteiger partial charge in [0.05, 0.1) is 10.6 Å². The molecule has 0 N–H and O–H groups in total. The van der Waals surface area contributed by atoms with E-state index in [1.807, 2.05) is 18.3 Å². The molecule has 1 aromatic heterocycles. The second-order valence-corrected chi connectivity index (χ2v) is 7.99. The maximum absolute atomic E-state index is 9.46. The maximum atomic E-state index is 9.46. The van der Waals surface area contributed by atoms with Crippen molar-refractivity contribution < 1.29 is 0 Å². The first-order valence-electron chi connectivity index (χ1n) is 6.51. The largest absolute Gasteiger partial charge is 0.296 e. The predicted molar refractivity (Wildman–Crippen MR) is 87.9 cm³/mol. The average Bonchev–Trinajstić information content (AvgIpc) is 3.16. The molecule has 3 nitrogen and oxygen atoms in total. The van der Waals surface area contributed by atoms with Crippen molar-refractivity contribution in [2.24, 2.45) is 0 Å². The third-order valence-corrected chi connectivity index (χ3v) is 7.26.